The summed E-state index contributed by atoms with van der Waals surface area (Å²) in [6, 6.07) is 2.45. The number of hydrogen-bond acceptors (Lipinski definition) is 2. The maximum absolute atomic E-state index is 9.05. The van der Waals surface area contributed by atoms with Crippen molar-refractivity contribution in [2.24, 2.45) is 0 Å². The summed E-state index contributed by atoms with van der Waals surface area (Å²) in [5.74, 6) is 6.89. The molecule has 12 heavy (non-hydrogen) atoms. The summed E-state index contributed by atoms with van der Waals surface area (Å²) in [4.78, 5) is 2.50. The van der Waals surface area contributed by atoms with Crippen LogP contribution in [0.3, 0.4) is 0 Å². The SMILES string of the molecule is CCN(CC)[CH](C#N)[Ge]([CH3])([CH3])[CH3]. The summed E-state index contributed by atoms with van der Waals surface area (Å²) in [7, 11) is 0. The van der Waals surface area contributed by atoms with Crippen molar-refractivity contribution < 1.29 is 0 Å². The Morgan fingerprint density at radius 2 is 1.67 bits per heavy atom. The zero-order valence-electron chi connectivity index (χ0n) is 8.89. The zero-order chi connectivity index (χ0) is 9.78. The fourth-order valence-electron chi connectivity index (χ4n) is 1.41. The second-order valence-electron chi connectivity index (χ2n) is 4.12. The van der Waals surface area contributed by atoms with Gasteiger partial charge >= 0.3 is 78.6 Å². The van der Waals surface area contributed by atoms with Gasteiger partial charge in [0.15, 0.2) is 0 Å². The van der Waals surface area contributed by atoms with Gasteiger partial charge in [-0.3, -0.25) is 0 Å². The molecule has 0 aromatic rings. The van der Waals surface area contributed by atoms with Crippen molar-refractivity contribution in [3.05, 3.63) is 0 Å². The molecule has 0 aromatic carbocycles. The van der Waals surface area contributed by atoms with Gasteiger partial charge in [0, 0.05) is 0 Å². The summed E-state index contributed by atoms with van der Waals surface area (Å²) in [5.41, 5.74) is 0. The fourth-order valence-corrected chi connectivity index (χ4v) is 5.29. The van der Waals surface area contributed by atoms with Crippen LogP contribution in [-0.4, -0.2) is 36.1 Å². The average Bonchev–Trinajstić information content (AvgIpc) is 1.97. The summed E-state index contributed by atoms with van der Waals surface area (Å²) < 4.78 is 0. The molecule has 0 amide bonds. The van der Waals surface area contributed by atoms with E-state index in [4.69, 9.17) is 5.26 Å². The van der Waals surface area contributed by atoms with Crippen LogP contribution in [0, 0.1) is 11.3 Å². The third kappa shape index (κ3) is 3.16. The third-order valence-corrected chi connectivity index (χ3v) is 6.60. The van der Waals surface area contributed by atoms with Gasteiger partial charge in [0.1, 0.15) is 0 Å². The second kappa shape index (κ2) is 4.88. The predicted molar refractivity (Wildman–Crippen MR) is 55.7 cm³/mol. The van der Waals surface area contributed by atoms with E-state index in [1.54, 1.807) is 0 Å². The molecule has 2 nitrogen and oxygen atoms in total. The van der Waals surface area contributed by atoms with Gasteiger partial charge in [0.2, 0.25) is 0 Å². The topological polar surface area (TPSA) is 27.0 Å². The Hall–Kier alpha value is -0.00714. The second-order valence-corrected chi connectivity index (χ2v) is 15.2. The molecule has 0 aliphatic rings. The van der Waals surface area contributed by atoms with E-state index in [9.17, 15) is 0 Å². The van der Waals surface area contributed by atoms with Crippen LogP contribution >= 0.6 is 0 Å². The Morgan fingerprint density at radius 3 is 1.75 bits per heavy atom. The molecule has 0 N–H and O–H groups in total. The van der Waals surface area contributed by atoms with Crippen LogP contribution in [0.2, 0.25) is 17.3 Å². The molecule has 0 saturated carbocycles. The van der Waals surface area contributed by atoms with Gasteiger partial charge in [-0.25, -0.2) is 0 Å². The van der Waals surface area contributed by atoms with Crippen LogP contribution in [-0.2, 0) is 0 Å². The molecule has 0 bridgehead atoms. The first kappa shape index (κ1) is 12.0. The van der Waals surface area contributed by atoms with Crippen LogP contribution in [0.15, 0.2) is 0 Å². The number of nitrogens with zero attached hydrogens (tertiary/aromatic N) is 2. The van der Waals surface area contributed by atoms with Crippen molar-refractivity contribution in [1.29, 1.82) is 5.26 Å². The maximum atomic E-state index is 9.05. The van der Waals surface area contributed by atoms with Crippen molar-refractivity contribution in [1.82, 2.24) is 4.90 Å². The van der Waals surface area contributed by atoms with Crippen molar-refractivity contribution in [2.75, 3.05) is 13.1 Å². The number of rotatable bonds is 4. The van der Waals surface area contributed by atoms with E-state index in [0.717, 1.165) is 13.1 Å². The molecule has 0 aliphatic heterocycles. The Bertz CT molecular complexity index is 162. The Morgan fingerprint density at radius 1 is 1.25 bits per heavy atom. The normalized spacial score (nSPS) is 14.4. The standard InChI is InChI=1S/C9H20GeN2/c1-6-12(7-2)9(8-11)10(3,4)5/h9H,6-7H2,1-5H3. The Labute approximate surface area is 78.9 Å². The van der Waals surface area contributed by atoms with E-state index >= 15 is 0 Å². The molecule has 0 aromatic heterocycles. The van der Waals surface area contributed by atoms with Crippen molar-refractivity contribution >= 4 is 13.3 Å². The minimum atomic E-state index is -1.81. The van der Waals surface area contributed by atoms with Gasteiger partial charge in [-0.05, 0) is 0 Å². The molecule has 0 rings (SSSR count). The zero-order valence-corrected chi connectivity index (χ0v) is 11.0. The third-order valence-electron chi connectivity index (χ3n) is 2.12. The van der Waals surface area contributed by atoms with E-state index in [2.05, 4.69) is 42.1 Å². The molecule has 1 unspecified atom stereocenters. The molecule has 0 radical (unpaired) electrons. The van der Waals surface area contributed by atoms with E-state index in [1.807, 2.05) is 0 Å². The average molecular weight is 229 g/mol. The molecular formula is C9H20GeN2. The number of hydrogen-bond donors (Lipinski definition) is 0. The summed E-state index contributed by atoms with van der Waals surface area (Å²) >= 11 is -1.81. The van der Waals surface area contributed by atoms with Gasteiger partial charge in [-0.2, -0.15) is 0 Å². The van der Waals surface area contributed by atoms with Gasteiger partial charge < -0.3 is 0 Å². The number of nitriles is 1. The van der Waals surface area contributed by atoms with Gasteiger partial charge in [-0.15, -0.1) is 0 Å². The fraction of sp³-hybridized carbons (Fsp3) is 0.889. The van der Waals surface area contributed by atoms with E-state index in [-0.39, 0.29) is 4.87 Å². The molecule has 1 atom stereocenters. The van der Waals surface area contributed by atoms with Crippen LogP contribution in [0.1, 0.15) is 13.8 Å². The van der Waals surface area contributed by atoms with Crippen molar-refractivity contribution in [3.8, 4) is 6.07 Å². The first-order valence-corrected chi connectivity index (χ1v) is 12.1. The molecule has 0 fully saturated rings. The van der Waals surface area contributed by atoms with Crippen LogP contribution in [0.5, 0.6) is 0 Å². The van der Waals surface area contributed by atoms with Gasteiger partial charge in [0.25, 0.3) is 0 Å². The molecular weight excluding hydrogens is 209 g/mol. The summed E-state index contributed by atoms with van der Waals surface area (Å²) in [6.45, 7) is 6.25. The van der Waals surface area contributed by atoms with Gasteiger partial charge in [0.05, 0.1) is 0 Å². The first-order chi connectivity index (χ1) is 5.47. The van der Waals surface area contributed by atoms with Crippen LogP contribution in [0.25, 0.3) is 0 Å². The Balaban J connectivity index is 4.45. The van der Waals surface area contributed by atoms with Crippen molar-refractivity contribution in [3.63, 3.8) is 0 Å². The Kier molecular flexibility index (Phi) is 4.88. The van der Waals surface area contributed by atoms with Crippen LogP contribution < -0.4 is 0 Å². The summed E-state index contributed by atoms with van der Waals surface area (Å²) in [5, 5.41) is 9.05. The monoisotopic (exact) mass is 230 g/mol. The minimum absolute atomic E-state index is 0.222. The van der Waals surface area contributed by atoms with E-state index < -0.39 is 13.3 Å². The molecule has 0 spiro atoms. The molecule has 0 heterocycles. The van der Waals surface area contributed by atoms with Crippen molar-refractivity contribution in [2.45, 2.75) is 36.0 Å². The predicted octanol–water partition coefficient (Wildman–Crippen LogP) is 2.10. The quantitative estimate of drug-likeness (QED) is 0.690. The molecule has 3 heteroatoms. The van der Waals surface area contributed by atoms with E-state index in [1.165, 1.54) is 0 Å². The van der Waals surface area contributed by atoms with Gasteiger partial charge in [-0.1, -0.05) is 0 Å². The van der Waals surface area contributed by atoms with E-state index in [0.29, 0.717) is 0 Å². The van der Waals surface area contributed by atoms with Crippen LogP contribution in [0.4, 0.5) is 0 Å². The summed E-state index contributed by atoms with van der Waals surface area (Å²) in [6.07, 6.45) is 0. The first-order valence-electron chi connectivity index (χ1n) is 4.61. The molecule has 0 aliphatic carbocycles. The molecule has 0 saturated heterocycles. The molecule has 70 valence electrons.